The zero-order valence-electron chi connectivity index (χ0n) is 14.2. The highest BCUT2D eigenvalue weighted by atomic mass is 16.2. The van der Waals surface area contributed by atoms with Crippen LogP contribution in [0.1, 0.15) is 41.2 Å². The highest BCUT2D eigenvalue weighted by molar-refractivity contribution is 5.93. The van der Waals surface area contributed by atoms with Crippen LogP contribution in [0.15, 0.2) is 54.6 Å². The summed E-state index contributed by atoms with van der Waals surface area (Å²) in [4.78, 5) is 26.2. The Morgan fingerprint density at radius 1 is 0.920 bits per heavy atom. The zero-order chi connectivity index (χ0) is 17.6. The van der Waals surface area contributed by atoms with Gasteiger partial charge in [0.15, 0.2) is 0 Å². The number of rotatable bonds is 5. The van der Waals surface area contributed by atoms with Crippen molar-refractivity contribution in [1.82, 2.24) is 4.90 Å². The molecule has 1 fully saturated rings. The molecule has 0 bridgehead atoms. The number of carbonyl (C=O) groups is 2. The lowest BCUT2D eigenvalue weighted by Crippen LogP contribution is -2.41. The number of piperidine rings is 1. The molecule has 1 aliphatic rings. The first-order valence-electron chi connectivity index (χ1n) is 8.65. The van der Waals surface area contributed by atoms with Crippen LogP contribution in [0.3, 0.4) is 0 Å². The van der Waals surface area contributed by atoms with Gasteiger partial charge in [0.05, 0.1) is 0 Å². The highest BCUT2D eigenvalue weighted by Gasteiger charge is 2.26. The molecule has 5 heteroatoms. The molecule has 5 nitrogen and oxygen atoms in total. The van der Waals surface area contributed by atoms with Crippen molar-refractivity contribution < 1.29 is 9.59 Å². The molecule has 0 aromatic heterocycles. The predicted octanol–water partition coefficient (Wildman–Crippen LogP) is 2.95. The molecule has 2 aromatic rings. The molecule has 2 aromatic carbocycles. The summed E-state index contributed by atoms with van der Waals surface area (Å²) < 4.78 is 0. The van der Waals surface area contributed by atoms with Crippen molar-refractivity contribution in [2.75, 3.05) is 18.4 Å². The Morgan fingerprint density at radius 3 is 2.16 bits per heavy atom. The fourth-order valence-electron chi connectivity index (χ4n) is 3.13. The van der Waals surface area contributed by atoms with Gasteiger partial charge in [-0.25, -0.2) is 0 Å². The second kappa shape index (κ2) is 7.83. The van der Waals surface area contributed by atoms with E-state index in [-0.39, 0.29) is 5.91 Å². The van der Waals surface area contributed by atoms with Gasteiger partial charge in [-0.2, -0.15) is 0 Å². The monoisotopic (exact) mass is 337 g/mol. The average Bonchev–Trinajstić information content (AvgIpc) is 2.67. The fourth-order valence-corrected chi connectivity index (χ4v) is 3.13. The Bertz CT molecular complexity index is 722. The third-order valence-electron chi connectivity index (χ3n) is 4.53. The van der Waals surface area contributed by atoms with Crippen LogP contribution in [-0.4, -0.2) is 29.8 Å². The number of nitrogens with zero attached hydrogens (tertiary/aromatic N) is 1. The summed E-state index contributed by atoms with van der Waals surface area (Å²) in [6.45, 7) is 1.62. The third kappa shape index (κ3) is 4.18. The molecule has 0 spiro atoms. The molecule has 130 valence electrons. The van der Waals surface area contributed by atoms with Crippen LogP contribution < -0.4 is 11.1 Å². The summed E-state index contributed by atoms with van der Waals surface area (Å²) in [6.07, 6.45) is 3.29. The van der Waals surface area contributed by atoms with Crippen LogP contribution in [-0.2, 0) is 4.79 Å². The van der Waals surface area contributed by atoms with E-state index in [9.17, 15) is 9.59 Å². The van der Waals surface area contributed by atoms with Gasteiger partial charge in [-0.15, -0.1) is 0 Å². The lowest BCUT2D eigenvalue weighted by Gasteiger charge is -2.31. The molecule has 0 aliphatic carbocycles. The van der Waals surface area contributed by atoms with E-state index in [2.05, 4.69) is 5.32 Å². The first kappa shape index (κ1) is 17.0. The summed E-state index contributed by atoms with van der Waals surface area (Å²) in [6, 6.07) is 16.2. The zero-order valence-corrected chi connectivity index (χ0v) is 14.2. The van der Waals surface area contributed by atoms with Crippen LogP contribution in [0, 0.1) is 0 Å². The lowest BCUT2D eigenvalue weighted by molar-refractivity contribution is -0.133. The van der Waals surface area contributed by atoms with E-state index >= 15 is 0 Å². The molecule has 1 saturated heterocycles. The van der Waals surface area contributed by atoms with Crippen molar-refractivity contribution in [1.29, 1.82) is 0 Å². The first-order valence-corrected chi connectivity index (χ1v) is 8.65. The Kier molecular flexibility index (Phi) is 5.33. The van der Waals surface area contributed by atoms with Gasteiger partial charge in [-0.1, -0.05) is 30.3 Å². The van der Waals surface area contributed by atoms with Gasteiger partial charge in [0.25, 0.3) is 0 Å². The van der Waals surface area contributed by atoms with Crippen molar-refractivity contribution in [2.24, 2.45) is 5.73 Å². The van der Waals surface area contributed by atoms with E-state index in [1.165, 1.54) is 6.42 Å². The number of nitrogens with two attached hydrogens (primary N) is 1. The Balaban J connectivity index is 1.83. The van der Waals surface area contributed by atoms with Crippen LogP contribution in [0.2, 0.25) is 0 Å². The maximum Gasteiger partial charge on any atom is 0.249 e. The SMILES string of the molecule is NC(=O)c1ccc(N[C@@H](C(=O)N2CCCCC2)c2ccccc2)cc1. The molecule has 1 aliphatic heterocycles. The maximum atomic E-state index is 13.1. The minimum Gasteiger partial charge on any atom is -0.370 e. The van der Waals surface area contributed by atoms with Gasteiger partial charge in [-0.3, -0.25) is 9.59 Å². The Labute approximate surface area is 147 Å². The van der Waals surface area contributed by atoms with E-state index in [0.717, 1.165) is 37.2 Å². The largest absolute Gasteiger partial charge is 0.370 e. The topological polar surface area (TPSA) is 75.4 Å². The minimum absolute atomic E-state index is 0.0878. The Morgan fingerprint density at radius 2 is 1.56 bits per heavy atom. The summed E-state index contributed by atoms with van der Waals surface area (Å²) in [5, 5.41) is 3.32. The number of amides is 2. The second-order valence-electron chi connectivity index (χ2n) is 6.32. The van der Waals surface area contributed by atoms with Crippen molar-refractivity contribution in [3.63, 3.8) is 0 Å². The van der Waals surface area contributed by atoms with Crippen molar-refractivity contribution in [2.45, 2.75) is 25.3 Å². The number of hydrogen-bond donors (Lipinski definition) is 2. The molecule has 3 N–H and O–H groups in total. The lowest BCUT2D eigenvalue weighted by atomic mass is 10.0. The molecule has 1 heterocycles. The summed E-state index contributed by atoms with van der Waals surface area (Å²) >= 11 is 0. The van der Waals surface area contributed by atoms with Gasteiger partial charge in [-0.05, 0) is 49.1 Å². The van der Waals surface area contributed by atoms with E-state index in [1.807, 2.05) is 35.2 Å². The number of benzene rings is 2. The number of nitrogens with one attached hydrogen (secondary N) is 1. The van der Waals surface area contributed by atoms with E-state index in [1.54, 1.807) is 24.3 Å². The predicted molar refractivity (Wildman–Crippen MR) is 98.2 cm³/mol. The molecule has 0 radical (unpaired) electrons. The number of anilines is 1. The molecule has 3 rings (SSSR count). The van der Waals surface area contributed by atoms with Gasteiger partial charge >= 0.3 is 0 Å². The van der Waals surface area contributed by atoms with Crippen LogP contribution in [0.4, 0.5) is 5.69 Å². The van der Waals surface area contributed by atoms with E-state index in [0.29, 0.717) is 5.56 Å². The molecule has 1 atom stereocenters. The smallest absolute Gasteiger partial charge is 0.249 e. The van der Waals surface area contributed by atoms with E-state index in [4.69, 9.17) is 5.73 Å². The third-order valence-corrected chi connectivity index (χ3v) is 4.53. The first-order chi connectivity index (χ1) is 12.1. The number of primary amides is 1. The van der Waals surface area contributed by atoms with Crippen LogP contribution in [0.25, 0.3) is 0 Å². The normalized spacial score (nSPS) is 15.4. The quantitative estimate of drug-likeness (QED) is 0.881. The summed E-state index contributed by atoms with van der Waals surface area (Å²) in [5.74, 6) is -0.375. The van der Waals surface area contributed by atoms with Gasteiger partial charge in [0, 0.05) is 24.3 Å². The maximum absolute atomic E-state index is 13.1. The van der Waals surface area contributed by atoms with Crippen molar-refractivity contribution >= 4 is 17.5 Å². The van der Waals surface area contributed by atoms with E-state index < -0.39 is 11.9 Å². The van der Waals surface area contributed by atoms with Gasteiger partial charge < -0.3 is 16.0 Å². The number of likely N-dealkylation sites (tertiary alicyclic amines) is 1. The standard InChI is InChI=1S/C20H23N3O2/c21-19(24)16-9-11-17(12-10-16)22-18(15-7-3-1-4-8-15)20(25)23-13-5-2-6-14-23/h1,3-4,7-12,18,22H,2,5-6,13-14H2,(H2,21,24)/t18-/m1/s1. The summed E-state index contributed by atoms with van der Waals surface area (Å²) in [5.41, 5.74) is 7.44. The van der Waals surface area contributed by atoms with Crippen LogP contribution in [0.5, 0.6) is 0 Å². The molecule has 0 saturated carbocycles. The van der Waals surface area contributed by atoms with Crippen molar-refractivity contribution in [3.05, 3.63) is 65.7 Å². The molecule has 2 amide bonds. The molecule has 25 heavy (non-hydrogen) atoms. The van der Waals surface area contributed by atoms with Gasteiger partial charge in [0.1, 0.15) is 6.04 Å². The Hall–Kier alpha value is -2.82. The number of hydrogen-bond acceptors (Lipinski definition) is 3. The van der Waals surface area contributed by atoms with Crippen LogP contribution >= 0.6 is 0 Å². The average molecular weight is 337 g/mol. The molecular weight excluding hydrogens is 314 g/mol. The van der Waals surface area contributed by atoms with Gasteiger partial charge in [0.2, 0.25) is 11.8 Å². The second-order valence-corrected chi connectivity index (χ2v) is 6.32. The molecular formula is C20H23N3O2. The van der Waals surface area contributed by atoms with Crippen molar-refractivity contribution in [3.8, 4) is 0 Å². The summed E-state index contributed by atoms with van der Waals surface area (Å²) in [7, 11) is 0. The highest BCUT2D eigenvalue weighted by Crippen LogP contribution is 2.24. The minimum atomic E-state index is -0.462. The molecule has 0 unspecified atom stereocenters. The number of carbonyl (C=O) groups excluding carboxylic acids is 2. The fraction of sp³-hybridized carbons (Fsp3) is 0.300.